The van der Waals surface area contributed by atoms with Gasteiger partial charge in [0.15, 0.2) is 0 Å². The molecule has 0 aliphatic carbocycles. The monoisotopic (exact) mass is 399 g/mol. The van der Waals surface area contributed by atoms with Crippen LogP contribution in [0.15, 0.2) is 0 Å². The number of aliphatic hydroxyl groups excluding tert-OH is 1. The first-order valence-electron chi connectivity index (χ1n) is 9.73. The SMILES string of the molecule is CC(O)C(C(CC(=O)O)N1CC1)(C(CC(=O)O)N1CC1)C(CC(=O)O)N1CC1. The zero-order chi connectivity index (χ0) is 20.6. The Balaban J connectivity index is 2.14. The van der Waals surface area contributed by atoms with Gasteiger partial charge in [0, 0.05) is 62.8 Å². The summed E-state index contributed by atoms with van der Waals surface area (Å²) in [4.78, 5) is 40.9. The Kier molecular flexibility index (Phi) is 5.95. The highest BCUT2D eigenvalue weighted by Crippen LogP contribution is 2.50. The fourth-order valence-corrected chi connectivity index (χ4v) is 4.97. The second-order valence-corrected chi connectivity index (χ2v) is 8.12. The fourth-order valence-electron chi connectivity index (χ4n) is 4.97. The molecule has 0 radical (unpaired) electrons. The van der Waals surface area contributed by atoms with Crippen molar-refractivity contribution in [3.8, 4) is 0 Å². The predicted octanol–water partition coefficient (Wildman–Crippen LogP) is -1.17. The third-order valence-corrected chi connectivity index (χ3v) is 6.33. The Hall–Kier alpha value is -1.75. The number of carboxylic acid groups (broad SMARTS) is 3. The van der Waals surface area contributed by atoms with E-state index in [1.807, 2.05) is 14.7 Å². The molecule has 0 bridgehead atoms. The summed E-state index contributed by atoms with van der Waals surface area (Å²) in [7, 11) is 0. The highest BCUT2D eigenvalue weighted by atomic mass is 16.4. The molecule has 0 spiro atoms. The van der Waals surface area contributed by atoms with Crippen LogP contribution in [-0.4, -0.2) is 117 Å². The molecular formula is C18H29N3O7. The van der Waals surface area contributed by atoms with E-state index in [2.05, 4.69) is 0 Å². The van der Waals surface area contributed by atoms with Crippen LogP contribution >= 0.6 is 0 Å². The molecule has 0 aromatic heterocycles. The first-order valence-corrected chi connectivity index (χ1v) is 9.73. The molecule has 4 atom stereocenters. The van der Waals surface area contributed by atoms with E-state index in [1.165, 1.54) is 0 Å². The Morgan fingerprint density at radius 1 is 0.714 bits per heavy atom. The van der Waals surface area contributed by atoms with Crippen LogP contribution in [0.2, 0.25) is 0 Å². The van der Waals surface area contributed by atoms with Crippen LogP contribution in [0, 0.1) is 5.41 Å². The molecule has 0 aromatic carbocycles. The van der Waals surface area contributed by atoms with E-state index >= 15 is 0 Å². The van der Waals surface area contributed by atoms with Crippen LogP contribution in [0.1, 0.15) is 26.2 Å². The van der Waals surface area contributed by atoms with Crippen LogP contribution in [0.4, 0.5) is 0 Å². The maximum atomic E-state index is 11.7. The Bertz CT molecular complexity index is 550. The first kappa shape index (κ1) is 21.0. The van der Waals surface area contributed by atoms with Crippen molar-refractivity contribution >= 4 is 17.9 Å². The van der Waals surface area contributed by atoms with Crippen LogP contribution in [0.5, 0.6) is 0 Å². The quantitative estimate of drug-likeness (QED) is 0.280. The maximum absolute atomic E-state index is 11.7. The smallest absolute Gasteiger partial charge is 0.304 e. The van der Waals surface area contributed by atoms with E-state index in [0.29, 0.717) is 39.3 Å². The number of carboxylic acids is 3. The molecule has 3 heterocycles. The maximum Gasteiger partial charge on any atom is 0.304 e. The van der Waals surface area contributed by atoms with Gasteiger partial charge in [-0.2, -0.15) is 0 Å². The second kappa shape index (κ2) is 7.94. The molecule has 3 rings (SSSR count). The molecule has 28 heavy (non-hydrogen) atoms. The summed E-state index contributed by atoms with van der Waals surface area (Å²) in [5.41, 5.74) is -1.21. The largest absolute Gasteiger partial charge is 0.481 e. The topological polar surface area (TPSA) is 141 Å². The number of carbonyl (C=O) groups is 3. The summed E-state index contributed by atoms with van der Waals surface area (Å²) < 4.78 is 0. The number of aliphatic carboxylic acids is 3. The number of aliphatic hydroxyl groups is 1. The molecular weight excluding hydrogens is 370 g/mol. The van der Waals surface area contributed by atoms with Gasteiger partial charge in [-0.05, 0) is 6.92 Å². The number of hydrogen-bond acceptors (Lipinski definition) is 7. The van der Waals surface area contributed by atoms with Crippen molar-refractivity contribution in [1.82, 2.24) is 14.7 Å². The lowest BCUT2D eigenvalue weighted by atomic mass is 9.61. The fraction of sp³-hybridized carbons (Fsp3) is 0.833. The lowest BCUT2D eigenvalue weighted by molar-refractivity contribution is -0.152. The van der Waals surface area contributed by atoms with E-state index < -0.39 is 47.6 Å². The number of hydrogen-bond donors (Lipinski definition) is 4. The van der Waals surface area contributed by atoms with Crippen molar-refractivity contribution in [2.24, 2.45) is 5.41 Å². The van der Waals surface area contributed by atoms with Crippen molar-refractivity contribution in [3.63, 3.8) is 0 Å². The van der Waals surface area contributed by atoms with Gasteiger partial charge in [-0.25, -0.2) is 0 Å². The molecule has 0 aromatic rings. The Morgan fingerprint density at radius 2 is 0.964 bits per heavy atom. The molecule has 158 valence electrons. The van der Waals surface area contributed by atoms with Crippen molar-refractivity contribution < 1.29 is 34.8 Å². The summed E-state index contributed by atoms with van der Waals surface area (Å²) in [6.45, 7) is 5.50. The van der Waals surface area contributed by atoms with E-state index in [0.717, 1.165) is 0 Å². The molecule has 3 saturated heterocycles. The average Bonchev–Trinajstić information content (AvgIpc) is 3.48. The van der Waals surface area contributed by atoms with Crippen molar-refractivity contribution in [2.45, 2.75) is 50.4 Å². The van der Waals surface area contributed by atoms with Crippen LogP contribution in [0.3, 0.4) is 0 Å². The van der Waals surface area contributed by atoms with Gasteiger partial charge in [0.05, 0.1) is 25.4 Å². The zero-order valence-corrected chi connectivity index (χ0v) is 16.0. The van der Waals surface area contributed by atoms with Gasteiger partial charge in [0.1, 0.15) is 0 Å². The summed E-state index contributed by atoms with van der Waals surface area (Å²) >= 11 is 0. The van der Waals surface area contributed by atoms with Crippen molar-refractivity contribution in [2.75, 3.05) is 39.3 Å². The Morgan fingerprint density at radius 3 is 1.11 bits per heavy atom. The van der Waals surface area contributed by atoms with Gasteiger partial charge in [-0.15, -0.1) is 0 Å². The second-order valence-electron chi connectivity index (χ2n) is 8.12. The van der Waals surface area contributed by atoms with Gasteiger partial charge < -0.3 is 20.4 Å². The minimum absolute atomic E-state index is 0.265. The third-order valence-electron chi connectivity index (χ3n) is 6.33. The lowest BCUT2D eigenvalue weighted by Gasteiger charge is -2.53. The van der Waals surface area contributed by atoms with E-state index in [9.17, 15) is 34.8 Å². The summed E-state index contributed by atoms with van der Waals surface area (Å²) in [6.07, 6.45) is -1.87. The van der Waals surface area contributed by atoms with Gasteiger partial charge in [-0.3, -0.25) is 29.1 Å². The average molecular weight is 399 g/mol. The Labute approximate surface area is 163 Å². The molecule has 10 heteroatoms. The van der Waals surface area contributed by atoms with Crippen LogP contribution < -0.4 is 0 Å². The van der Waals surface area contributed by atoms with Crippen molar-refractivity contribution in [1.29, 1.82) is 0 Å². The highest BCUT2D eigenvalue weighted by molar-refractivity contribution is 5.70. The normalized spacial score (nSPS) is 25.9. The molecule has 10 nitrogen and oxygen atoms in total. The molecule has 4 unspecified atom stereocenters. The summed E-state index contributed by atoms with van der Waals surface area (Å²) in [5.74, 6) is -3.12. The van der Waals surface area contributed by atoms with E-state index in [4.69, 9.17) is 0 Å². The molecule has 4 N–H and O–H groups in total. The summed E-state index contributed by atoms with van der Waals surface area (Å²) in [5, 5.41) is 39.8. The zero-order valence-electron chi connectivity index (χ0n) is 16.0. The van der Waals surface area contributed by atoms with Crippen molar-refractivity contribution in [3.05, 3.63) is 0 Å². The van der Waals surface area contributed by atoms with Gasteiger partial charge in [0.25, 0.3) is 0 Å². The molecule has 3 aliphatic heterocycles. The van der Waals surface area contributed by atoms with Crippen LogP contribution in [-0.2, 0) is 14.4 Å². The molecule has 3 fully saturated rings. The first-order chi connectivity index (χ1) is 13.2. The van der Waals surface area contributed by atoms with Gasteiger partial charge >= 0.3 is 17.9 Å². The van der Waals surface area contributed by atoms with E-state index in [1.54, 1.807) is 6.92 Å². The molecule has 0 saturated carbocycles. The predicted molar refractivity (Wildman–Crippen MR) is 97.0 cm³/mol. The minimum Gasteiger partial charge on any atom is -0.481 e. The number of nitrogens with zero attached hydrogens (tertiary/aromatic N) is 3. The molecule has 0 amide bonds. The van der Waals surface area contributed by atoms with Crippen LogP contribution in [0.25, 0.3) is 0 Å². The third kappa shape index (κ3) is 4.29. The van der Waals surface area contributed by atoms with E-state index in [-0.39, 0.29) is 19.3 Å². The lowest BCUT2D eigenvalue weighted by Crippen LogP contribution is -2.66. The molecule has 3 aliphatic rings. The van der Waals surface area contributed by atoms with Gasteiger partial charge in [-0.1, -0.05) is 0 Å². The summed E-state index contributed by atoms with van der Waals surface area (Å²) in [6, 6.07) is -1.92. The standard InChI is InChI=1S/C18H29N3O7/c1-11(22)18(12(8-15(23)24)19-2-3-19,13(9-16(25)26)20-4-5-20)14(10-17(27)28)21-6-7-21/h11-14,22H,2-10H2,1H3,(H,23,24)(H,25,26)(H,27,28). The van der Waals surface area contributed by atoms with Gasteiger partial charge in [0.2, 0.25) is 0 Å². The number of rotatable bonds is 13. The minimum atomic E-state index is -1.21. The highest BCUT2D eigenvalue weighted by Gasteiger charge is 2.63.